The lowest BCUT2D eigenvalue weighted by molar-refractivity contribution is 0.742. The van der Waals surface area contributed by atoms with E-state index in [0.717, 1.165) is 18.5 Å². The molecule has 0 saturated carbocycles. The van der Waals surface area contributed by atoms with Gasteiger partial charge in [0, 0.05) is 29.1 Å². The van der Waals surface area contributed by atoms with Crippen molar-refractivity contribution in [1.82, 2.24) is 4.98 Å². The van der Waals surface area contributed by atoms with Crippen LogP contribution in [0, 0.1) is 0 Å². The number of anilines is 1. The molecule has 1 unspecified atom stereocenters. The monoisotopic (exact) mass is 292 g/mol. The minimum atomic E-state index is 0.470. The zero-order valence-electron chi connectivity index (χ0n) is 11.6. The quantitative estimate of drug-likeness (QED) is 0.774. The van der Waals surface area contributed by atoms with Gasteiger partial charge in [-0.1, -0.05) is 48.5 Å². The van der Waals surface area contributed by atoms with Gasteiger partial charge in [0.1, 0.15) is 0 Å². The fourth-order valence-corrected chi connectivity index (χ4v) is 3.74. The van der Waals surface area contributed by atoms with Crippen molar-refractivity contribution in [2.45, 2.75) is 18.9 Å². The van der Waals surface area contributed by atoms with E-state index in [1.165, 1.54) is 21.8 Å². The molecule has 2 aromatic carbocycles. The molecule has 4 rings (SSSR count). The van der Waals surface area contributed by atoms with Crippen molar-refractivity contribution in [2.24, 2.45) is 0 Å². The van der Waals surface area contributed by atoms with Gasteiger partial charge in [-0.2, -0.15) is 0 Å². The number of nitrogens with one attached hydrogen (secondary N) is 1. The highest BCUT2D eigenvalue weighted by atomic mass is 32.1. The number of benzene rings is 2. The number of fused-ring (bicyclic) bond motifs is 1. The predicted molar refractivity (Wildman–Crippen MR) is 88.8 cm³/mol. The van der Waals surface area contributed by atoms with Crippen LogP contribution in [-0.2, 0) is 12.8 Å². The summed E-state index contributed by atoms with van der Waals surface area (Å²) in [5, 5.41) is 6.97. The van der Waals surface area contributed by atoms with Gasteiger partial charge in [-0.3, -0.25) is 0 Å². The van der Waals surface area contributed by atoms with Crippen LogP contribution in [-0.4, -0.2) is 11.0 Å². The molecule has 0 radical (unpaired) electrons. The minimum absolute atomic E-state index is 0.470. The Morgan fingerprint density at radius 3 is 2.71 bits per heavy atom. The normalized spacial score (nSPS) is 16.5. The molecule has 0 amide bonds. The average Bonchev–Trinajstić information content (AvgIpc) is 3.14. The van der Waals surface area contributed by atoms with Gasteiger partial charge in [0.25, 0.3) is 0 Å². The molecule has 1 aromatic heterocycles. The molecule has 1 N–H and O–H groups in total. The Kier molecular flexibility index (Phi) is 3.20. The number of hydrogen-bond donors (Lipinski definition) is 1. The van der Waals surface area contributed by atoms with Crippen LogP contribution in [0.4, 0.5) is 5.69 Å². The molecule has 0 aliphatic carbocycles. The van der Waals surface area contributed by atoms with Crippen LogP contribution < -0.4 is 5.32 Å². The number of thiazole rings is 1. The lowest BCUT2D eigenvalue weighted by atomic mass is 10.1. The molecule has 0 saturated heterocycles. The fraction of sp³-hybridized carbons (Fsp3) is 0.167. The zero-order valence-corrected chi connectivity index (χ0v) is 12.4. The number of nitrogens with zero attached hydrogens (tertiary/aromatic N) is 1. The van der Waals surface area contributed by atoms with Gasteiger partial charge in [-0.25, -0.2) is 4.98 Å². The highest BCUT2D eigenvalue weighted by molar-refractivity contribution is 7.09. The smallest absolute Gasteiger partial charge is 0.0953 e. The van der Waals surface area contributed by atoms with Gasteiger partial charge in [-0.05, 0) is 18.1 Å². The van der Waals surface area contributed by atoms with Gasteiger partial charge in [0.05, 0.1) is 10.7 Å². The van der Waals surface area contributed by atoms with E-state index in [1.54, 1.807) is 11.3 Å². The molecule has 1 aliphatic heterocycles. The summed E-state index contributed by atoms with van der Waals surface area (Å²) >= 11 is 1.76. The molecule has 1 aliphatic rings. The Morgan fingerprint density at radius 2 is 1.86 bits per heavy atom. The fourth-order valence-electron chi connectivity index (χ4n) is 2.86. The molecule has 0 fully saturated rings. The Hall–Kier alpha value is -2.13. The molecule has 0 spiro atoms. The summed E-state index contributed by atoms with van der Waals surface area (Å²) in [6, 6.07) is 19.4. The highest BCUT2D eigenvalue weighted by Gasteiger charge is 2.21. The maximum Gasteiger partial charge on any atom is 0.0953 e. The standard InChI is InChI=1S/C18H16N2S/c1-2-6-13(7-3-1)17-12-21-18(20-17)11-15-10-14-8-4-5-9-16(14)19-15/h1-9,12,15,19H,10-11H2. The molecule has 3 aromatic rings. The molecule has 104 valence electrons. The molecule has 0 bridgehead atoms. The molecule has 21 heavy (non-hydrogen) atoms. The van der Waals surface area contributed by atoms with Crippen molar-refractivity contribution in [2.75, 3.05) is 5.32 Å². The van der Waals surface area contributed by atoms with E-state index in [1.807, 2.05) is 6.07 Å². The van der Waals surface area contributed by atoms with E-state index in [0.29, 0.717) is 6.04 Å². The summed E-state index contributed by atoms with van der Waals surface area (Å²) < 4.78 is 0. The molecule has 1 atom stereocenters. The number of aromatic nitrogens is 1. The van der Waals surface area contributed by atoms with Crippen LogP contribution in [0.3, 0.4) is 0 Å². The summed E-state index contributed by atoms with van der Waals surface area (Å²) in [5.74, 6) is 0. The van der Waals surface area contributed by atoms with Crippen molar-refractivity contribution >= 4 is 17.0 Å². The maximum absolute atomic E-state index is 4.79. The summed E-state index contributed by atoms with van der Waals surface area (Å²) in [7, 11) is 0. The van der Waals surface area contributed by atoms with Crippen LogP contribution >= 0.6 is 11.3 Å². The SMILES string of the molecule is c1ccc(-c2csc(CC3Cc4ccccc4N3)n2)cc1. The van der Waals surface area contributed by atoms with Crippen LogP contribution in [0.1, 0.15) is 10.6 Å². The average molecular weight is 292 g/mol. The highest BCUT2D eigenvalue weighted by Crippen LogP contribution is 2.28. The van der Waals surface area contributed by atoms with E-state index in [4.69, 9.17) is 4.98 Å². The number of hydrogen-bond acceptors (Lipinski definition) is 3. The Morgan fingerprint density at radius 1 is 1.05 bits per heavy atom. The van der Waals surface area contributed by atoms with Gasteiger partial charge < -0.3 is 5.32 Å². The molecule has 2 nitrogen and oxygen atoms in total. The van der Waals surface area contributed by atoms with Crippen molar-refractivity contribution in [3.05, 3.63) is 70.5 Å². The first-order valence-corrected chi connectivity index (χ1v) is 8.11. The second-order valence-corrected chi connectivity index (χ2v) is 6.34. The van der Waals surface area contributed by atoms with Gasteiger partial charge >= 0.3 is 0 Å². The third kappa shape index (κ3) is 2.57. The van der Waals surface area contributed by atoms with E-state index in [2.05, 4.69) is 59.2 Å². The van der Waals surface area contributed by atoms with Crippen LogP contribution in [0.15, 0.2) is 60.0 Å². The molecule has 2 heterocycles. The van der Waals surface area contributed by atoms with E-state index < -0.39 is 0 Å². The van der Waals surface area contributed by atoms with Gasteiger partial charge in [0.15, 0.2) is 0 Å². The first kappa shape index (κ1) is 12.6. The number of para-hydroxylation sites is 1. The Bertz CT molecular complexity index is 724. The third-order valence-electron chi connectivity index (χ3n) is 3.89. The van der Waals surface area contributed by atoms with Gasteiger partial charge in [-0.15, -0.1) is 11.3 Å². The summed E-state index contributed by atoms with van der Waals surface area (Å²) in [5.41, 5.74) is 4.98. The summed E-state index contributed by atoms with van der Waals surface area (Å²) in [4.78, 5) is 4.79. The van der Waals surface area contributed by atoms with Crippen molar-refractivity contribution < 1.29 is 0 Å². The Balaban J connectivity index is 1.49. The summed E-state index contributed by atoms with van der Waals surface area (Å²) in [6.07, 6.45) is 2.09. The van der Waals surface area contributed by atoms with Crippen molar-refractivity contribution in [3.63, 3.8) is 0 Å². The largest absolute Gasteiger partial charge is 0.381 e. The topological polar surface area (TPSA) is 24.9 Å². The predicted octanol–water partition coefficient (Wildman–Crippen LogP) is 4.39. The van der Waals surface area contributed by atoms with Crippen molar-refractivity contribution in [1.29, 1.82) is 0 Å². The summed E-state index contributed by atoms with van der Waals surface area (Å²) in [6.45, 7) is 0. The second-order valence-electron chi connectivity index (χ2n) is 5.40. The van der Waals surface area contributed by atoms with E-state index in [-0.39, 0.29) is 0 Å². The molecular formula is C18H16N2S. The maximum atomic E-state index is 4.79. The van der Waals surface area contributed by atoms with E-state index >= 15 is 0 Å². The third-order valence-corrected chi connectivity index (χ3v) is 4.76. The van der Waals surface area contributed by atoms with Gasteiger partial charge in [0.2, 0.25) is 0 Å². The first-order valence-electron chi connectivity index (χ1n) is 7.23. The second kappa shape index (κ2) is 5.34. The zero-order chi connectivity index (χ0) is 14.1. The van der Waals surface area contributed by atoms with Crippen LogP contribution in [0.25, 0.3) is 11.3 Å². The van der Waals surface area contributed by atoms with E-state index in [9.17, 15) is 0 Å². The minimum Gasteiger partial charge on any atom is -0.381 e. The molecule has 3 heteroatoms. The van der Waals surface area contributed by atoms with Crippen LogP contribution in [0.5, 0.6) is 0 Å². The molecular weight excluding hydrogens is 276 g/mol. The van der Waals surface area contributed by atoms with Crippen molar-refractivity contribution in [3.8, 4) is 11.3 Å². The lowest BCUT2D eigenvalue weighted by Gasteiger charge is -2.08. The lowest BCUT2D eigenvalue weighted by Crippen LogP contribution is -2.18. The Labute approximate surface area is 128 Å². The first-order chi connectivity index (χ1) is 10.4. The number of rotatable bonds is 3. The van der Waals surface area contributed by atoms with Crippen LogP contribution in [0.2, 0.25) is 0 Å².